The largest absolute Gasteiger partial charge is 0.442 e. The first-order chi connectivity index (χ1) is 13.0. The quantitative estimate of drug-likeness (QED) is 0.833. The zero-order chi connectivity index (χ0) is 19.4. The van der Waals surface area contributed by atoms with Gasteiger partial charge in [0, 0.05) is 19.2 Å². The Morgan fingerprint density at radius 1 is 1.37 bits per heavy atom. The number of cyclic esters (lactones) is 1. The number of benzene rings is 1. The van der Waals surface area contributed by atoms with Gasteiger partial charge >= 0.3 is 6.09 Å². The molecule has 0 aromatic heterocycles. The molecule has 2 amide bonds. The fraction of sp³-hybridized carbons (Fsp3) is 0.300. The van der Waals surface area contributed by atoms with Gasteiger partial charge in [-0.15, -0.1) is 0 Å². The van der Waals surface area contributed by atoms with Gasteiger partial charge in [-0.1, -0.05) is 30.3 Å². The van der Waals surface area contributed by atoms with E-state index in [-0.39, 0.29) is 19.0 Å². The smallest absolute Gasteiger partial charge is 0.414 e. The van der Waals surface area contributed by atoms with Crippen LogP contribution in [0.4, 0.5) is 9.18 Å². The van der Waals surface area contributed by atoms with Crippen LogP contribution < -0.4 is 11.1 Å². The maximum absolute atomic E-state index is 14.9. The highest BCUT2D eigenvalue weighted by Crippen LogP contribution is 2.30. The first-order valence-electron chi connectivity index (χ1n) is 8.76. The van der Waals surface area contributed by atoms with Crippen molar-refractivity contribution in [2.24, 2.45) is 5.73 Å². The van der Waals surface area contributed by atoms with Gasteiger partial charge in [-0.25, -0.2) is 9.18 Å². The first kappa shape index (κ1) is 18.8. The Bertz CT molecular complexity index is 827. The summed E-state index contributed by atoms with van der Waals surface area (Å²) in [5.41, 5.74) is 8.33. The number of nitrogens with two attached hydrogens (primary N) is 1. The predicted molar refractivity (Wildman–Crippen MR) is 99.9 cm³/mol. The maximum atomic E-state index is 14.9. The van der Waals surface area contributed by atoms with Crippen LogP contribution >= 0.6 is 0 Å². The molecule has 0 radical (unpaired) electrons. The Balaban J connectivity index is 1.79. The van der Waals surface area contributed by atoms with E-state index in [2.05, 4.69) is 5.32 Å². The number of carbonyl (C=O) groups excluding carboxylic acids is 2. The van der Waals surface area contributed by atoms with Gasteiger partial charge in [-0.2, -0.15) is 0 Å². The minimum atomic E-state index is -0.551. The topological polar surface area (TPSA) is 84.7 Å². The summed E-state index contributed by atoms with van der Waals surface area (Å²) in [5, 5.41) is 2.62. The summed E-state index contributed by atoms with van der Waals surface area (Å²) in [7, 11) is 0. The number of allylic oxidation sites excluding steroid dienone is 5. The van der Waals surface area contributed by atoms with Crippen LogP contribution in [0.15, 0.2) is 54.0 Å². The molecule has 0 saturated carbocycles. The molecule has 1 aromatic rings. The zero-order valence-electron chi connectivity index (χ0n) is 15.1. The van der Waals surface area contributed by atoms with E-state index in [0.29, 0.717) is 24.2 Å². The second kappa shape index (κ2) is 8.18. The third-order valence-corrected chi connectivity index (χ3v) is 4.48. The number of rotatable bonds is 5. The molecule has 0 spiro atoms. The summed E-state index contributed by atoms with van der Waals surface area (Å²) < 4.78 is 20.1. The van der Waals surface area contributed by atoms with E-state index in [9.17, 15) is 14.0 Å². The van der Waals surface area contributed by atoms with Crippen LogP contribution in [0.25, 0.3) is 5.57 Å². The van der Waals surface area contributed by atoms with E-state index < -0.39 is 18.0 Å². The highest BCUT2D eigenvalue weighted by Gasteiger charge is 2.33. The van der Waals surface area contributed by atoms with Gasteiger partial charge in [0.05, 0.1) is 13.1 Å². The average molecular weight is 371 g/mol. The molecule has 1 saturated heterocycles. The summed E-state index contributed by atoms with van der Waals surface area (Å²) in [6, 6.07) is 7.44. The van der Waals surface area contributed by atoms with Crippen LogP contribution in [0.5, 0.6) is 0 Å². The fourth-order valence-corrected chi connectivity index (χ4v) is 3.02. The molecule has 1 unspecified atom stereocenters. The third kappa shape index (κ3) is 4.43. The van der Waals surface area contributed by atoms with Crippen LogP contribution in [-0.4, -0.2) is 36.1 Å². The van der Waals surface area contributed by atoms with E-state index in [1.165, 1.54) is 17.9 Å². The number of hydrogen-bond acceptors (Lipinski definition) is 4. The molecule has 1 aliphatic heterocycles. The second-order valence-electron chi connectivity index (χ2n) is 6.46. The van der Waals surface area contributed by atoms with Crippen molar-refractivity contribution >= 4 is 17.6 Å². The van der Waals surface area contributed by atoms with E-state index in [1.54, 1.807) is 6.08 Å². The van der Waals surface area contributed by atoms with Crippen molar-refractivity contribution in [1.82, 2.24) is 10.2 Å². The van der Waals surface area contributed by atoms with Crippen LogP contribution in [0.1, 0.15) is 24.5 Å². The molecule has 1 atom stereocenters. The lowest BCUT2D eigenvalue weighted by molar-refractivity contribution is -0.119. The minimum absolute atomic E-state index is 0.197. The number of hydrogen-bond donors (Lipinski definition) is 2. The molecule has 0 bridgehead atoms. The number of ether oxygens (including phenoxy) is 1. The van der Waals surface area contributed by atoms with E-state index in [0.717, 1.165) is 11.1 Å². The van der Waals surface area contributed by atoms with Crippen molar-refractivity contribution in [3.63, 3.8) is 0 Å². The third-order valence-electron chi connectivity index (χ3n) is 4.48. The number of nitrogens with zero attached hydrogens (tertiary/aromatic N) is 1. The molecule has 3 rings (SSSR count). The van der Waals surface area contributed by atoms with Gasteiger partial charge < -0.3 is 15.8 Å². The molecule has 1 aliphatic carbocycles. The molecule has 1 fully saturated rings. The zero-order valence-corrected chi connectivity index (χ0v) is 15.1. The van der Waals surface area contributed by atoms with E-state index in [1.807, 2.05) is 30.3 Å². The Morgan fingerprint density at radius 3 is 2.78 bits per heavy atom. The highest BCUT2D eigenvalue weighted by molar-refractivity contribution is 5.76. The van der Waals surface area contributed by atoms with E-state index >= 15 is 0 Å². The molecular formula is C20H22FN3O3. The lowest BCUT2D eigenvalue weighted by Crippen LogP contribution is -2.33. The molecule has 7 heteroatoms. The molecule has 1 heterocycles. The standard InChI is InChI=1S/C20H22FN3O3/c1-13(25)23-11-17-12-24(20(26)27-17)16-3-2-4-18(19(21)9-16)15-7-5-14(10-22)6-8-15/h2-3,5-9,17H,4,10-12,22H2,1H3,(H,23,25). The van der Waals surface area contributed by atoms with Gasteiger partial charge in [0.15, 0.2) is 0 Å². The van der Waals surface area contributed by atoms with Crippen molar-refractivity contribution in [2.75, 3.05) is 13.1 Å². The molecule has 3 N–H and O–H groups in total. The lowest BCUT2D eigenvalue weighted by Gasteiger charge is -2.13. The predicted octanol–water partition coefficient (Wildman–Crippen LogP) is 2.63. The molecule has 2 aliphatic rings. The highest BCUT2D eigenvalue weighted by atomic mass is 19.1. The Kier molecular flexibility index (Phi) is 5.71. The number of nitrogens with one attached hydrogen (secondary N) is 1. The van der Waals surface area contributed by atoms with Gasteiger partial charge in [-0.3, -0.25) is 9.69 Å². The second-order valence-corrected chi connectivity index (χ2v) is 6.46. The maximum Gasteiger partial charge on any atom is 0.414 e. The molecule has 27 heavy (non-hydrogen) atoms. The number of amides is 2. The Labute approximate surface area is 157 Å². The van der Waals surface area contributed by atoms with Gasteiger partial charge in [0.2, 0.25) is 5.91 Å². The monoisotopic (exact) mass is 371 g/mol. The Hall–Kier alpha value is -2.93. The van der Waals surface area contributed by atoms with Gasteiger partial charge in [-0.05, 0) is 35.3 Å². The summed E-state index contributed by atoms with van der Waals surface area (Å²) in [6.07, 6.45) is 4.27. The first-order valence-corrected chi connectivity index (χ1v) is 8.76. The number of halogens is 1. The fourth-order valence-electron chi connectivity index (χ4n) is 3.02. The summed E-state index contributed by atoms with van der Waals surface area (Å²) in [5.74, 6) is -0.592. The van der Waals surface area contributed by atoms with Crippen molar-refractivity contribution in [1.29, 1.82) is 0 Å². The lowest BCUT2D eigenvalue weighted by atomic mass is 10.0. The Morgan fingerprint density at radius 2 is 2.11 bits per heavy atom. The van der Waals surface area contributed by atoms with Gasteiger partial charge in [0.1, 0.15) is 11.9 Å². The molecule has 142 valence electrons. The van der Waals surface area contributed by atoms with Crippen LogP contribution in [0, 0.1) is 0 Å². The average Bonchev–Trinajstić information content (AvgIpc) is 2.92. The van der Waals surface area contributed by atoms with Crippen molar-refractivity contribution in [2.45, 2.75) is 26.0 Å². The summed E-state index contributed by atoms with van der Waals surface area (Å²) in [6.45, 7) is 2.31. The SMILES string of the molecule is CC(=O)NCC1CN(C2=CC(F)=C(c3ccc(CN)cc3)CC=C2)C(=O)O1. The van der Waals surface area contributed by atoms with Crippen LogP contribution in [0.2, 0.25) is 0 Å². The summed E-state index contributed by atoms with van der Waals surface area (Å²) in [4.78, 5) is 24.5. The van der Waals surface area contributed by atoms with E-state index in [4.69, 9.17) is 10.5 Å². The van der Waals surface area contributed by atoms with Crippen molar-refractivity contribution in [3.8, 4) is 0 Å². The minimum Gasteiger partial charge on any atom is -0.442 e. The van der Waals surface area contributed by atoms with Crippen molar-refractivity contribution < 1.29 is 18.7 Å². The van der Waals surface area contributed by atoms with Crippen molar-refractivity contribution in [3.05, 3.63) is 65.1 Å². The molecule has 1 aromatic carbocycles. The van der Waals surface area contributed by atoms with Gasteiger partial charge in [0.25, 0.3) is 0 Å². The number of carbonyl (C=O) groups is 2. The normalized spacial score (nSPS) is 19.7. The van der Waals surface area contributed by atoms with Crippen LogP contribution in [-0.2, 0) is 16.1 Å². The van der Waals surface area contributed by atoms with Crippen LogP contribution in [0.3, 0.4) is 0 Å². The molecule has 6 nitrogen and oxygen atoms in total. The summed E-state index contributed by atoms with van der Waals surface area (Å²) >= 11 is 0. The molecular weight excluding hydrogens is 349 g/mol.